The van der Waals surface area contributed by atoms with Gasteiger partial charge < -0.3 is 5.73 Å². The Hall–Kier alpha value is -1.000. The maximum atomic E-state index is 12.7. The van der Waals surface area contributed by atoms with Gasteiger partial charge in [-0.05, 0) is 24.6 Å². The van der Waals surface area contributed by atoms with Crippen LogP contribution in [0.2, 0.25) is 0 Å². The van der Waals surface area contributed by atoms with Crippen LogP contribution in [0.25, 0.3) is 0 Å². The summed E-state index contributed by atoms with van der Waals surface area (Å²) in [4.78, 5) is 0.355. The fourth-order valence-electron chi connectivity index (χ4n) is 2.03. The predicted octanol–water partition coefficient (Wildman–Crippen LogP) is 1.04. The Morgan fingerprint density at radius 2 is 2.05 bits per heavy atom. The third-order valence-corrected chi connectivity index (χ3v) is 6.09. The molecule has 0 spiro atoms. The first-order valence-corrected chi connectivity index (χ1v) is 9.02. The number of benzene rings is 1. The van der Waals surface area contributed by atoms with Crippen molar-refractivity contribution in [1.29, 1.82) is 0 Å². The number of hydrogen-bond donors (Lipinski definition) is 1. The monoisotopic (exact) mass is 310 g/mol. The minimum Gasteiger partial charge on any atom is -0.320 e. The fourth-order valence-corrected chi connectivity index (χ4v) is 4.86. The van der Waals surface area contributed by atoms with E-state index in [-0.39, 0.29) is 6.54 Å². The second-order valence-corrected chi connectivity index (χ2v) is 7.63. The van der Waals surface area contributed by atoms with Crippen molar-refractivity contribution in [2.75, 3.05) is 31.1 Å². The molecule has 0 atom stereocenters. The van der Waals surface area contributed by atoms with Gasteiger partial charge in [0.15, 0.2) is 0 Å². The van der Waals surface area contributed by atoms with E-state index < -0.39 is 10.0 Å². The van der Waals surface area contributed by atoms with E-state index in [9.17, 15) is 8.42 Å². The normalized spacial score (nSPS) is 16.5. The molecule has 4 nitrogen and oxygen atoms in total. The quantitative estimate of drug-likeness (QED) is 0.829. The van der Waals surface area contributed by atoms with Crippen LogP contribution < -0.4 is 5.73 Å². The number of hydrogen-bond acceptors (Lipinski definition) is 4. The number of sulfonamides is 1. The molecule has 6 heteroatoms. The predicted molar refractivity (Wildman–Crippen MR) is 83.2 cm³/mol. The lowest BCUT2D eigenvalue weighted by molar-refractivity contribution is 0.443. The lowest BCUT2D eigenvalue weighted by Crippen LogP contribution is -2.38. The summed E-state index contributed by atoms with van der Waals surface area (Å²) in [5.41, 5.74) is 6.78. The van der Waals surface area contributed by atoms with Gasteiger partial charge >= 0.3 is 0 Å². The number of nitrogens with zero attached hydrogens (tertiary/aromatic N) is 1. The van der Waals surface area contributed by atoms with Gasteiger partial charge in [0.05, 0.1) is 11.4 Å². The van der Waals surface area contributed by atoms with Crippen LogP contribution in [0.1, 0.15) is 11.1 Å². The van der Waals surface area contributed by atoms with Crippen molar-refractivity contribution in [3.63, 3.8) is 0 Å². The van der Waals surface area contributed by atoms with Gasteiger partial charge in [-0.25, -0.2) is 8.42 Å². The highest BCUT2D eigenvalue weighted by Gasteiger charge is 2.27. The van der Waals surface area contributed by atoms with Crippen molar-refractivity contribution in [1.82, 2.24) is 4.31 Å². The van der Waals surface area contributed by atoms with Crippen LogP contribution in [0, 0.1) is 18.8 Å². The van der Waals surface area contributed by atoms with E-state index in [1.807, 2.05) is 13.0 Å². The second-order valence-electron chi connectivity index (χ2n) is 4.50. The minimum atomic E-state index is -3.42. The Bertz CT molecular complexity index is 639. The van der Waals surface area contributed by atoms with E-state index in [0.717, 1.165) is 17.1 Å². The number of rotatable bonds is 2. The molecule has 0 bridgehead atoms. The summed E-state index contributed by atoms with van der Waals surface area (Å²) in [6.45, 7) is 3.22. The summed E-state index contributed by atoms with van der Waals surface area (Å²) < 4.78 is 26.9. The molecule has 20 heavy (non-hydrogen) atoms. The molecule has 1 aliphatic rings. The van der Waals surface area contributed by atoms with Crippen molar-refractivity contribution in [3.8, 4) is 11.8 Å². The van der Waals surface area contributed by atoms with Crippen LogP contribution in [0.15, 0.2) is 23.1 Å². The number of nitrogens with two attached hydrogens (primary N) is 1. The molecule has 0 aliphatic carbocycles. The Morgan fingerprint density at radius 3 is 2.70 bits per heavy atom. The SMILES string of the molecule is Cc1ccc(C#CCN)cc1S(=O)(=O)N1CCSCC1. The first kappa shape index (κ1) is 15.4. The van der Waals surface area contributed by atoms with E-state index in [1.54, 1.807) is 28.2 Å². The summed E-state index contributed by atoms with van der Waals surface area (Å²) in [5, 5.41) is 0. The Morgan fingerprint density at radius 1 is 1.35 bits per heavy atom. The maximum Gasteiger partial charge on any atom is 0.243 e. The number of aryl methyl sites for hydroxylation is 1. The van der Waals surface area contributed by atoms with E-state index >= 15 is 0 Å². The molecular weight excluding hydrogens is 292 g/mol. The molecule has 1 aromatic carbocycles. The third kappa shape index (κ3) is 3.36. The Kier molecular flexibility index (Phi) is 5.11. The van der Waals surface area contributed by atoms with Crippen LogP contribution in [-0.4, -0.2) is 43.9 Å². The van der Waals surface area contributed by atoms with Crippen molar-refractivity contribution in [2.45, 2.75) is 11.8 Å². The average molecular weight is 310 g/mol. The summed E-state index contributed by atoms with van der Waals surface area (Å²) in [6, 6.07) is 5.27. The minimum absolute atomic E-state index is 0.263. The molecule has 108 valence electrons. The van der Waals surface area contributed by atoms with E-state index in [0.29, 0.717) is 23.5 Å². The van der Waals surface area contributed by atoms with Crippen LogP contribution >= 0.6 is 11.8 Å². The smallest absolute Gasteiger partial charge is 0.243 e. The van der Waals surface area contributed by atoms with Crippen molar-refractivity contribution in [2.24, 2.45) is 5.73 Å². The highest BCUT2D eigenvalue weighted by atomic mass is 32.2. The van der Waals surface area contributed by atoms with Gasteiger partial charge in [0, 0.05) is 30.2 Å². The molecule has 0 unspecified atom stereocenters. The van der Waals surface area contributed by atoms with Crippen LogP contribution in [0.3, 0.4) is 0 Å². The maximum absolute atomic E-state index is 12.7. The molecule has 1 aromatic rings. The zero-order chi connectivity index (χ0) is 14.6. The fraction of sp³-hybridized carbons (Fsp3) is 0.429. The van der Waals surface area contributed by atoms with Crippen molar-refractivity contribution in [3.05, 3.63) is 29.3 Å². The largest absolute Gasteiger partial charge is 0.320 e. The van der Waals surface area contributed by atoms with Gasteiger partial charge in [0.2, 0.25) is 10.0 Å². The molecular formula is C14H18N2O2S2. The molecule has 1 heterocycles. The van der Waals surface area contributed by atoms with Crippen molar-refractivity contribution >= 4 is 21.8 Å². The molecule has 1 saturated heterocycles. The summed E-state index contributed by atoms with van der Waals surface area (Å²) >= 11 is 1.79. The standard InChI is InChI=1S/C14H18N2O2S2/c1-12-4-5-13(3-2-6-15)11-14(12)20(17,18)16-7-9-19-10-8-16/h4-5,11H,6-10,15H2,1H3. The molecule has 2 rings (SSSR count). The average Bonchev–Trinajstić information content (AvgIpc) is 2.47. The zero-order valence-corrected chi connectivity index (χ0v) is 13.1. The van der Waals surface area contributed by atoms with E-state index in [2.05, 4.69) is 11.8 Å². The van der Waals surface area contributed by atoms with Crippen LogP contribution in [0.4, 0.5) is 0 Å². The zero-order valence-electron chi connectivity index (χ0n) is 11.4. The second kappa shape index (κ2) is 6.64. The summed E-state index contributed by atoms with van der Waals surface area (Å²) in [5.74, 6) is 7.34. The lowest BCUT2D eigenvalue weighted by atomic mass is 10.1. The van der Waals surface area contributed by atoms with Gasteiger partial charge in [-0.3, -0.25) is 0 Å². The van der Waals surface area contributed by atoms with Gasteiger partial charge in [0.25, 0.3) is 0 Å². The highest BCUT2D eigenvalue weighted by molar-refractivity contribution is 7.99. The van der Waals surface area contributed by atoms with Crippen LogP contribution in [0.5, 0.6) is 0 Å². The highest BCUT2D eigenvalue weighted by Crippen LogP contribution is 2.23. The lowest BCUT2D eigenvalue weighted by Gasteiger charge is -2.26. The van der Waals surface area contributed by atoms with E-state index in [4.69, 9.17) is 5.73 Å². The summed E-state index contributed by atoms with van der Waals surface area (Å²) in [6.07, 6.45) is 0. The molecule has 0 saturated carbocycles. The Labute approximate surface area is 124 Å². The third-order valence-electron chi connectivity index (χ3n) is 3.11. The van der Waals surface area contributed by atoms with Gasteiger partial charge in [0.1, 0.15) is 0 Å². The number of thioether (sulfide) groups is 1. The Balaban J connectivity index is 2.39. The molecule has 1 fully saturated rings. The first-order valence-electron chi connectivity index (χ1n) is 6.43. The van der Waals surface area contributed by atoms with E-state index in [1.165, 1.54) is 0 Å². The molecule has 0 aromatic heterocycles. The van der Waals surface area contributed by atoms with Gasteiger partial charge in [-0.1, -0.05) is 17.9 Å². The molecule has 0 radical (unpaired) electrons. The first-order chi connectivity index (χ1) is 9.55. The van der Waals surface area contributed by atoms with Crippen molar-refractivity contribution < 1.29 is 8.42 Å². The van der Waals surface area contributed by atoms with Gasteiger partial charge in [-0.15, -0.1) is 0 Å². The molecule has 0 amide bonds. The van der Waals surface area contributed by atoms with Gasteiger partial charge in [-0.2, -0.15) is 16.1 Å². The van der Waals surface area contributed by atoms with Crippen LogP contribution in [-0.2, 0) is 10.0 Å². The molecule has 1 aliphatic heterocycles. The summed E-state index contributed by atoms with van der Waals surface area (Å²) in [7, 11) is -3.42. The molecule has 2 N–H and O–H groups in total. The topological polar surface area (TPSA) is 63.4 Å².